The van der Waals surface area contributed by atoms with Crippen molar-refractivity contribution >= 4 is 17.5 Å². The van der Waals surface area contributed by atoms with Crippen LogP contribution in [0.2, 0.25) is 0 Å². The Morgan fingerprint density at radius 2 is 1.73 bits per heavy atom. The van der Waals surface area contributed by atoms with Gasteiger partial charge < -0.3 is 10.2 Å². The Morgan fingerprint density at radius 3 is 2.38 bits per heavy atom. The number of halogens is 4. The van der Waals surface area contributed by atoms with E-state index in [0.29, 0.717) is 5.69 Å². The minimum atomic E-state index is -4.65. The highest BCUT2D eigenvalue weighted by atomic mass is 19.4. The minimum Gasteiger partial charge on any atom is -0.347 e. The van der Waals surface area contributed by atoms with Gasteiger partial charge in [0, 0.05) is 18.7 Å². The SMILES string of the molecule is O=C(N[C@@H]1CC(=O)N(c2ccc(F)cc2)C1)c1ccccc1C(F)(F)F. The molecular formula is C18H14F4N2O2. The van der Waals surface area contributed by atoms with Gasteiger partial charge in [-0.25, -0.2) is 4.39 Å². The summed E-state index contributed by atoms with van der Waals surface area (Å²) in [7, 11) is 0. The van der Waals surface area contributed by atoms with Crippen LogP contribution in [0.1, 0.15) is 22.3 Å². The lowest BCUT2D eigenvalue weighted by Crippen LogP contribution is -2.38. The predicted octanol–water partition coefficient (Wildman–Crippen LogP) is 3.38. The maximum atomic E-state index is 13.0. The average Bonchev–Trinajstić information content (AvgIpc) is 2.95. The van der Waals surface area contributed by atoms with Gasteiger partial charge in [0.1, 0.15) is 5.82 Å². The second kappa shape index (κ2) is 6.78. The van der Waals surface area contributed by atoms with Gasteiger partial charge in [0.05, 0.1) is 17.2 Å². The van der Waals surface area contributed by atoms with E-state index in [0.717, 1.165) is 12.1 Å². The third kappa shape index (κ3) is 3.68. The standard InChI is InChI=1S/C18H14F4N2O2/c19-11-5-7-13(8-6-11)24-10-12(9-16(24)25)23-17(26)14-3-1-2-4-15(14)18(20,21)22/h1-8,12H,9-10H2,(H,23,26)/t12-/m1/s1. The van der Waals surface area contributed by atoms with Gasteiger partial charge in [-0.1, -0.05) is 12.1 Å². The highest BCUT2D eigenvalue weighted by molar-refractivity contribution is 5.99. The molecule has 0 radical (unpaired) electrons. The van der Waals surface area contributed by atoms with Crippen molar-refractivity contribution in [3.8, 4) is 0 Å². The molecule has 1 aliphatic heterocycles. The van der Waals surface area contributed by atoms with Gasteiger partial charge in [0.15, 0.2) is 0 Å². The summed E-state index contributed by atoms with van der Waals surface area (Å²) in [6.07, 6.45) is -4.70. The molecule has 1 saturated heterocycles. The fourth-order valence-electron chi connectivity index (χ4n) is 2.87. The molecule has 8 heteroatoms. The van der Waals surface area contributed by atoms with E-state index in [1.807, 2.05) is 0 Å². The summed E-state index contributed by atoms with van der Waals surface area (Å²) in [5.74, 6) is -1.64. The molecule has 1 aliphatic rings. The maximum Gasteiger partial charge on any atom is 0.417 e. The number of hydrogen-bond acceptors (Lipinski definition) is 2. The number of carbonyl (C=O) groups is 2. The molecule has 3 rings (SSSR count). The van der Waals surface area contributed by atoms with Crippen LogP contribution in [0.5, 0.6) is 0 Å². The topological polar surface area (TPSA) is 49.4 Å². The quantitative estimate of drug-likeness (QED) is 0.847. The van der Waals surface area contributed by atoms with Gasteiger partial charge in [-0.2, -0.15) is 13.2 Å². The van der Waals surface area contributed by atoms with Crippen LogP contribution in [0, 0.1) is 5.82 Å². The average molecular weight is 366 g/mol. The van der Waals surface area contributed by atoms with E-state index in [-0.39, 0.29) is 18.9 Å². The lowest BCUT2D eigenvalue weighted by molar-refractivity contribution is -0.138. The second-order valence-corrected chi connectivity index (χ2v) is 5.90. The van der Waals surface area contributed by atoms with Crippen molar-refractivity contribution in [2.24, 2.45) is 0 Å². The van der Waals surface area contributed by atoms with Crippen molar-refractivity contribution in [2.75, 3.05) is 11.4 Å². The molecule has 2 aromatic rings. The molecule has 1 heterocycles. The number of anilines is 1. The van der Waals surface area contributed by atoms with Crippen molar-refractivity contribution in [2.45, 2.75) is 18.6 Å². The van der Waals surface area contributed by atoms with Gasteiger partial charge in [0.2, 0.25) is 5.91 Å². The third-order valence-electron chi connectivity index (χ3n) is 4.08. The van der Waals surface area contributed by atoms with Crippen LogP contribution in [0.4, 0.5) is 23.2 Å². The number of benzene rings is 2. The summed E-state index contributed by atoms with van der Waals surface area (Å²) in [4.78, 5) is 25.7. The molecule has 1 N–H and O–H groups in total. The molecule has 2 aromatic carbocycles. The van der Waals surface area contributed by atoms with E-state index in [9.17, 15) is 27.2 Å². The number of alkyl halides is 3. The number of amides is 2. The molecule has 0 bridgehead atoms. The van der Waals surface area contributed by atoms with Crippen molar-refractivity contribution in [1.82, 2.24) is 5.32 Å². The van der Waals surface area contributed by atoms with Gasteiger partial charge in [-0.15, -0.1) is 0 Å². The van der Waals surface area contributed by atoms with Crippen molar-refractivity contribution in [1.29, 1.82) is 0 Å². The normalized spacial score (nSPS) is 17.5. The van der Waals surface area contributed by atoms with Crippen LogP contribution < -0.4 is 10.2 Å². The Balaban J connectivity index is 1.74. The Kier molecular flexibility index (Phi) is 4.67. The predicted molar refractivity (Wildman–Crippen MR) is 86.1 cm³/mol. The highest BCUT2D eigenvalue weighted by Crippen LogP contribution is 2.32. The van der Waals surface area contributed by atoms with Crippen LogP contribution in [-0.2, 0) is 11.0 Å². The minimum absolute atomic E-state index is 0.0443. The van der Waals surface area contributed by atoms with E-state index >= 15 is 0 Å². The molecule has 136 valence electrons. The summed E-state index contributed by atoms with van der Waals surface area (Å²) in [6, 6.07) is 9.09. The zero-order valence-corrected chi connectivity index (χ0v) is 13.4. The maximum absolute atomic E-state index is 13.0. The lowest BCUT2D eigenvalue weighted by atomic mass is 10.1. The molecule has 0 saturated carbocycles. The van der Waals surface area contributed by atoms with Gasteiger partial charge >= 0.3 is 6.18 Å². The van der Waals surface area contributed by atoms with E-state index in [1.54, 1.807) is 0 Å². The lowest BCUT2D eigenvalue weighted by Gasteiger charge is -2.18. The van der Waals surface area contributed by atoms with E-state index in [4.69, 9.17) is 0 Å². The largest absolute Gasteiger partial charge is 0.417 e. The Hall–Kier alpha value is -2.90. The van der Waals surface area contributed by atoms with Crippen molar-refractivity contribution in [3.05, 3.63) is 65.5 Å². The molecule has 0 unspecified atom stereocenters. The first-order valence-electron chi connectivity index (χ1n) is 7.79. The summed E-state index contributed by atoms with van der Waals surface area (Å²) >= 11 is 0. The Bertz CT molecular complexity index is 834. The van der Waals surface area contributed by atoms with Crippen LogP contribution in [0.25, 0.3) is 0 Å². The number of nitrogens with zero attached hydrogens (tertiary/aromatic N) is 1. The van der Waals surface area contributed by atoms with Gasteiger partial charge in [0.25, 0.3) is 5.91 Å². The second-order valence-electron chi connectivity index (χ2n) is 5.90. The molecule has 0 spiro atoms. The molecule has 0 aromatic heterocycles. The van der Waals surface area contributed by atoms with Gasteiger partial charge in [-0.3, -0.25) is 9.59 Å². The van der Waals surface area contributed by atoms with E-state index in [1.165, 1.54) is 41.3 Å². The number of rotatable bonds is 3. The first-order chi connectivity index (χ1) is 12.3. The smallest absolute Gasteiger partial charge is 0.347 e. The monoisotopic (exact) mass is 366 g/mol. The molecule has 2 amide bonds. The van der Waals surface area contributed by atoms with Crippen LogP contribution in [-0.4, -0.2) is 24.4 Å². The first kappa shape index (κ1) is 17.9. The van der Waals surface area contributed by atoms with Crippen LogP contribution >= 0.6 is 0 Å². The summed E-state index contributed by atoms with van der Waals surface area (Å²) in [6.45, 7) is 0.102. The van der Waals surface area contributed by atoms with E-state index < -0.39 is 35.1 Å². The summed E-state index contributed by atoms with van der Waals surface area (Å²) in [5, 5.41) is 2.47. The Morgan fingerprint density at radius 1 is 1.08 bits per heavy atom. The van der Waals surface area contributed by atoms with Gasteiger partial charge in [-0.05, 0) is 36.4 Å². The number of nitrogens with one attached hydrogen (secondary N) is 1. The first-order valence-corrected chi connectivity index (χ1v) is 7.79. The molecule has 0 aliphatic carbocycles. The van der Waals surface area contributed by atoms with Crippen molar-refractivity contribution in [3.63, 3.8) is 0 Å². The summed E-state index contributed by atoms with van der Waals surface area (Å²) < 4.78 is 52.1. The van der Waals surface area contributed by atoms with Crippen molar-refractivity contribution < 1.29 is 27.2 Å². The molecule has 1 atom stereocenters. The third-order valence-corrected chi connectivity index (χ3v) is 4.08. The fourth-order valence-corrected chi connectivity index (χ4v) is 2.87. The molecule has 4 nitrogen and oxygen atoms in total. The zero-order chi connectivity index (χ0) is 18.9. The van der Waals surface area contributed by atoms with Crippen LogP contribution in [0.3, 0.4) is 0 Å². The fraction of sp³-hybridized carbons (Fsp3) is 0.222. The number of carbonyl (C=O) groups excluding carboxylic acids is 2. The molecular weight excluding hydrogens is 352 g/mol. The highest BCUT2D eigenvalue weighted by Gasteiger charge is 2.36. The molecule has 1 fully saturated rings. The van der Waals surface area contributed by atoms with E-state index in [2.05, 4.69) is 5.32 Å². The number of hydrogen-bond donors (Lipinski definition) is 1. The Labute approximate surface area is 146 Å². The van der Waals surface area contributed by atoms with Crippen LogP contribution in [0.15, 0.2) is 48.5 Å². The summed E-state index contributed by atoms with van der Waals surface area (Å²) in [5.41, 5.74) is -1.06. The zero-order valence-electron chi connectivity index (χ0n) is 13.4. The molecule has 26 heavy (non-hydrogen) atoms.